The molecule has 1 aliphatic rings. The first kappa shape index (κ1) is 26.9. The third-order valence-electron chi connectivity index (χ3n) is 8.03. The summed E-state index contributed by atoms with van der Waals surface area (Å²) in [6.45, 7) is 1.98. The first-order chi connectivity index (χ1) is 19.0. The summed E-state index contributed by atoms with van der Waals surface area (Å²) in [5.74, 6) is -0.226. The zero-order valence-electron chi connectivity index (χ0n) is 22.6. The average Bonchev–Trinajstić information content (AvgIpc) is 2.99. The Bertz CT molecular complexity index is 1450. The molecular weight excluding hydrogens is 484 g/mol. The van der Waals surface area contributed by atoms with Gasteiger partial charge in [-0.15, -0.1) is 0 Å². The Kier molecular flexibility index (Phi) is 8.54. The Morgan fingerprint density at radius 2 is 1.38 bits per heavy atom. The van der Waals surface area contributed by atoms with Gasteiger partial charge < -0.3 is 21.3 Å². The van der Waals surface area contributed by atoms with Crippen LogP contribution in [0.3, 0.4) is 0 Å². The van der Waals surface area contributed by atoms with E-state index in [-0.39, 0.29) is 23.8 Å². The van der Waals surface area contributed by atoms with Crippen molar-refractivity contribution in [3.8, 4) is 0 Å². The maximum absolute atomic E-state index is 14.0. The van der Waals surface area contributed by atoms with E-state index in [1.807, 2.05) is 31.3 Å². The molecule has 0 bridgehead atoms. The van der Waals surface area contributed by atoms with Crippen LogP contribution in [0.5, 0.6) is 0 Å². The minimum absolute atomic E-state index is 0.0390. The molecule has 1 saturated heterocycles. The van der Waals surface area contributed by atoms with Crippen LogP contribution in [-0.2, 0) is 22.4 Å². The number of nitrogens with two attached hydrogens (primary N) is 1. The second-order valence-electron chi connectivity index (χ2n) is 10.7. The van der Waals surface area contributed by atoms with Crippen molar-refractivity contribution >= 4 is 33.4 Å². The van der Waals surface area contributed by atoms with E-state index in [1.54, 1.807) is 4.90 Å². The van der Waals surface area contributed by atoms with Gasteiger partial charge in [0.05, 0.1) is 0 Å². The topological polar surface area (TPSA) is 87.5 Å². The molecule has 4 aromatic rings. The van der Waals surface area contributed by atoms with Crippen molar-refractivity contribution in [2.75, 3.05) is 26.7 Å². The van der Waals surface area contributed by atoms with Gasteiger partial charge in [-0.2, -0.15) is 0 Å². The van der Waals surface area contributed by atoms with Crippen molar-refractivity contribution in [3.05, 3.63) is 96.1 Å². The van der Waals surface area contributed by atoms with E-state index in [0.717, 1.165) is 47.8 Å². The van der Waals surface area contributed by atoms with Crippen molar-refractivity contribution in [3.63, 3.8) is 0 Å². The van der Waals surface area contributed by atoms with Gasteiger partial charge in [0.15, 0.2) is 0 Å². The van der Waals surface area contributed by atoms with Gasteiger partial charge >= 0.3 is 0 Å². The number of carbonyl (C=O) groups excluding carboxylic acids is 2. The highest BCUT2D eigenvalue weighted by Crippen LogP contribution is 2.20. The predicted molar refractivity (Wildman–Crippen MR) is 158 cm³/mol. The SMILES string of the molecule is CN(C(=O)[C@@H](Cc1ccc2ccccc2c1)NC(=O)C1CCNCC1)[C@@H](CN)Cc1ccc2ccccc2c1. The number of nitrogens with one attached hydrogen (secondary N) is 2. The number of likely N-dealkylation sites (N-methyl/N-ethyl adjacent to an activating group) is 1. The number of fused-ring (bicyclic) bond motifs is 2. The molecule has 39 heavy (non-hydrogen) atoms. The molecule has 1 heterocycles. The monoisotopic (exact) mass is 522 g/mol. The van der Waals surface area contributed by atoms with Gasteiger partial charge in [-0.3, -0.25) is 9.59 Å². The van der Waals surface area contributed by atoms with Crippen LogP contribution in [0.25, 0.3) is 21.5 Å². The summed E-state index contributed by atoms with van der Waals surface area (Å²) in [4.78, 5) is 29.0. The standard InChI is InChI=1S/C33H38N4O2/c1-37(30(22-34)20-23-10-12-25-6-2-4-8-28(25)18-23)33(39)31(36-32(38)27-14-16-35-17-15-27)21-24-11-13-26-7-3-5-9-29(26)19-24/h2-13,18-19,27,30-31,35H,14-17,20-22,34H2,1H3,(H,36,38)/t30-,31-/m1/s1. The number of benzene rings is 4. The van der Waals surface area contributed by atoms with E-state index in [9.17, 15) is 9.59 Å². The maximum Gasteiger partial charge on any atom is 0.245 e. The molecule has 4 N–H and O–H groups in total. The molecule has 2 atom stereocenters. The van der Waals surface area contributed by atoms with E-state index in [1.165, 1.54) is 10.8 Å². The summed E-state index contributed by atoms with van der Waals surface area (Å²) in [5, 5.41) is 11.1. The van der Waals surface area contributed by atoms with Crippen LogP contribution in [0.15, 0.2) is 84.9 Å². The third kappa shape index (κ3) is 6.47. The number of rotatable bonds is 9. The molecule has 0 aromatic heterocycles. The van der Waals surface area contributed by atoms with Crippen LogP contribution in [0.4, 0.5) is 0 Å². The Labute approximate surface area is 230 Å². The number of hydrogen-bond acceptors (Lipinski definition) is 4. The van der Waals surface area contributed by atoms with Crippen LogP contribution in [-0.4, -0.2) is 55.5 Å². The fourth-order valence-corrected chi connectivity index (χ4v) is 5.62. The first-order valence-electron chi connectivity index (χ1n) is 13.9. The average molecular weight is 523 g/mol. The molecule has 0 radical (unpaired) electrons. The normalized spacial score (nSPS) is 15.6. The summed E-state index contributed by atoms with van der Waals surface area (Å²) in [6, 6.07) is 28.2. The third-order valence-corrected chi connectivity index (χ3v) is 8.03. The van der Waals surface area contributed by atoms with Crippen molar-refractivity contribution in [1.29, 1.82) is 0 Å². The largest absolute Gasteiger partial charge is 0.344 e. The van der Waals surface area contributed by atoms with Gasteiger partial charge in [-0.05, 0) is 65.0 Å². The molecule has 2 amide bonds. The van der Waals surface area contributed by atoms with Gasteiger partial charge in [0.1, 0.15) is 6.04 Å². The number of piperidine rings is 1. The van der Waals surface area contributed by atoms with Gasteiger partial charge in [0, 0.05) is 32.0 Å². The molecule has 0 saturated carbocycles. The molecule has 5 rings (SSSR count). The van der Waals surface area contributed by atoms with Crippen LogP contribution in [0, 0.1) is 5.92 Å². The summed E-state index contributed by atoms with van der Waals surface area (Å²) < 4.78 is 0. The van der Waals surface area contributed by atoms with E-state index >= 15 is 0 Å². The highest BCUT2D eigenvalue weighted by atomic mass is 16.2. The van der Waals surface area contributed by atoms with E-state index in [0.29, 0.717) is 19.4 Å². The highest BCUT2D eigenvalue weighted by molar-refractivity contribution is 5.89. The van der Waals surface area contributed by atoms with Crippen LogP contribution in [0.1, 0.15) is 24.0 Å². The molecule has 0 aliphatic carbocycles. The summed E-state index contributed by atoms with van der Waals surface area (Å²) in [6.07, 6.45) is 2.64. The summed E-state index contributed by atoms with van der Waals surface area (Å²) >= 11 is 0. The van der Waals surface area contributed by atoms with Gasteiger partial charge in [-0.25, -0.2) is 0 Å². The lowest BCUT2D eigenvalue weighted by molar-refractivity contribution is -0.138. The van der Waals surface area contributed by atoms with Crippen molar-refractivity contribution in [2.45, 2.75) is 37.8 Å². The lowest BCUT2D eigenvalue weighted by atomic mass is 9.95. The number of nitrogens with zero attached hydrogens (tertiary/aromatic N) is 1. The van der Waals surface area contributed by atoms with E-state index in [2.05, 4.69) is 71.3 Å². The van der Waals surface area contributed by atoms with Crippen LogP contribution in [0.2, 0.25) is 0 Å². The van der Waals surface area contributed by atoms with Crippen molar-refractivity contribution in [2.24, 2.45) is 11.7 Å². The van der Waals surface area contributed by atoms with Crippen LogP contribution < -0.4 is 16.4 Å². The predicted octanol–water partition coefficient (Wildman–Crippen LogP) is 4.05. The maximum atomic E-state index is 14.0. The lowest BCUT2D eigenvalue weighted by Gasteiger charge is -2.32. The van der Waals surface area contributed by atoms with E-state index in [4.69, 9.17) is 5.73 Å². The number of hydrogen-bond donors (Lipinski definition) is 3. The Hall–Kier alpha value is -3.74. The lowest BCUT2D eigenvalue weighted by Crippen LogP contribution is -2.54. The molecular formula is C33H38N4O2. The summed E-state index contributed by atoms with van der Waals surface area (Å²) in [5.41, 5.74) is 8.37. The fraction of sp³-hybridized carbons (Fsp3) is 0.333. The molecule has 1 fully saturated rings. The number of carbonyl (C=O) groups is 2. The molecule has 0 spiro atoms. The van der Waals surface area contributed by atoms with Crippen molar-refractivity contribution in [1.82, 2.24) is 15.5 Å². The van der Waals surface area contributed by atoms with E-state index < -0.39 is 6.04 Å². The fourth-order valence-electron chi connectivity index (χ4n) is 5.62. The minimum atomic E-state index is -0.663. The van der Waals surface area contributed by atoms with Gasteiger partial charge in [0.25, 0.3) is 0 Å². The molecule has 6 nitrogen and oxygen atoms in total. The highest BCUT2D eigenvalue weighted by Gasteiger charge is 2.31. The first-order valence-corrected chi connectivity index (χ1v) is 13.9. The minimum Gasteiger partial charge on any atom is -0.344 e. The molecule has 4 aromatic carbocycles. The van der Waals surface area contributed by atoms with Gasteiger partial charge in [-0.1, -0.05) is 84.9 Å². The molecule has 202 valence electrons. The second-order valence-corrected chi connectivity index (χ2v) is 10.7. The van der Waals surface area contributed by atoms with Gasteiger partial charge in [0.2, 0.25) is 11.8 Å². The number of amides is 2. The smallest absolute Gasteiger partial charge is 0.245 e. The zero-order chi connectivity index (χ0) is 27.2. The molecule has 0 unspecified atom stereocenters. The Balaban J connectivity index is 1.36. The molecule has 1 aliphatic heterocycles. The van der Waals surface area contributed by atoms with Crippen molar-refractivity contribution < 1.29 is 9.59 Å². The molecule has 6 heteroatoms. The quantitative estimate of drug-likeness (QED) is 0.310. The Morgan fingerprint density at radius 1 is 0.846 bits per heavy atom. The zero-order valence-corrected chi connectivity index (χ0v) is 22.6. The Morgan fingerprint density at radius 3 is 1.95 bits per heavy atom. The second kappa shape index (κ2) is 12.4. The summed E-state index contributed by atoms with van der Waals surface area (Å²) in [7, 11) is 1.81. The van der Waals surface area contributed by atoms with Crippen LogP contribution >= 0.6 is 0 Å².